The third kappa shape index (κ3) is 4.93. The fraction of sp³-hybridized carbons (Fsp3) is 0.409. The number of hydrogen-bond donors (Lipinski definition) is 0. The molecule has 0 amide bonds. The molecule has 0 radical (unpaired) electrons. The van der Waals surface area contributed by atoms with Crippen LogP contribution in [-0.2, 0) is 10.3 Å². The molecule has 150 valence electrons. The Morgan fingerprint density at radius 2 is 1.82 bits per heavy atom. The summed E-state index contributed by atoms with van der Waals surface area (Å²) in [5, 5.41) is 0. The lowest BCUT2D eigenvalue weighted by Crippen LogP contribution is -2.23. The van der Waals surface area contributed by atoms with E-state index in [0.29, 0.717) is 6.61 Å². The van der Waals surface area contributed by atoms with Crippen LogP contribution < -0.4 is 14.2 Å². The minimum Gasteiger partial charge on any atom is -0.494 e. The van der Waals surface area contributed by atoms with E-state index in [1.807, 2.05) is 55.9 Å². The van der Waals surface area contributed by atoms with E-state index >= 15 is 0 Å². The quantitative estimate of drug-likeness (QED) is 0.405. The van der Waals surface area contributed by atoms with E-state index in [1.54, 1.807) is 14.2 Å². The predicted molar refractivity (Wildman–Crippen MR) is 114 cm³/mol. The van der Waals surface area contributed by atoms with Gasteiger partial charge in [0.1, 0.15) is 11.4 Å². The molecule has 0 N–H and O–H groups in total. The number of ether oxygens (including phenoxy) is 4. The van der Waals surface area contributed by atoms with Gasteiger partial charge in [-0.3, -0.25) is 0 Å². The molecule has 1 aliphatic rings. The SMILES string of the molecule is COc1ccc(SCCCCOc2ccc3c(c2)N=COC3(C)C)cc1OC. The zero-order valence-corrected chi connectivity index (χ0v) is 17.7. The van der Waals surface area contributed by atoms with E-state index in [2.05, 4.69) is 11.1 Å². The fourth-order valence-corrected chi connectivity index (χ4v) is 3.92. The fourth-order valence-electron chi connectivity index (χ4n) is 2.99. The summed E-state index contributed by atoms with van der Waals surface area (Å²) >= 11 is 1.81. The number of aliphatic imine (C=N–C) groups is 1. The van der Waals surface area contributed by atoms with E-state index in [9.17, 15) is 0 Å². The van der Waals surface area contributed by atoms with E-state index in [0.717, 1.165) is 47.1 Å². The average molecular weight is 402 g/mol. The summed E-state index contributed by atoms with van der Waals surface area (Å²) in [6.07, 6.45) is 3.58. The molecule has 2 aromatic rings. The molecule has 0 saturated heterocycles. The van der Waals surface area contributed by atoms with E-state index < -0.39 is 0 Å². The lowest BCUT2D eigenvalue weighted by Gasteiger charge is -2.28. The summed E-state index contributed by atoms with van der Waals surface area (Å²) in [5.41, 5.74) is 1.64. The predicted octanol–water partition coefficient (Wildman–Crippen LogP) is 5.58. The van der Waals surface area contributed by atoms with Crippen molar-refractivity contribution in [3.8, 4) is 17.2 Å². The van der Waals surface area contributed by atoms with Crippen LogP contribution in [0.25, 0.3) is 0 Å². The van der Waals surface area contributed by atoms with Crippen molar-refractivity contribution in [2.24, 2.45) is 4.99 Å². The Hall–Kier alpha value is -2.34. The minimum atomic E-state index is -0.350. The molecule has 1 aliphatic heterocycles. The molecule has 0 bridgehead atoms. The van der Waals surface area contributed by atoms with E-state index in [-0.39, 0.29) is 5.60 Å². The van der Waals surface area contributed by atoms with Crippen molar-refractivity contribution >= 4 is 23.8 Å². The number of fused-ring (bicyclic) bond motifs is 1. The first-order valence-electron chi connectivity index (χ1n) is 9.36. The van der Waals surface area contributed by atoms with Gasteiger partial charge in [0.2, 0.25) is 0 Å². The summed E-state index contributed by atoms with van der Waals surface area (Å²) in [5.74, 6) is 3.39. The van der Waals surface area contributed by atoms with Crippen LogP contribution in [0.1, 0.15) is 32.3 Å². The highest BCUT2D eigenvalue weighted by Gasteiger charge is 2.27. The number of benzene rings is 2. The maximum atomic E-state index is 5.90. The molecule has 0 unspecified atom stereocenters. The van der Waals surface area contributed by atoms with Crippen LogP contribution in [0.4, 0.5) is 5.69 Å². The van der Waals surface area contributed by atoms with Gasteiger partial charge < -0.3 is 18.9 Å². The Balaban J connectivity index is 1.42. The van der Waals surface area contributed by atoms with Gasteiger partial charge >= 0.3 is 0 Å². The Morgan fingerprint density at radius 1 is 1.00 bits per heavy atom. The second kappa shape index (κ2) is 9.24. The van der Waals surface area contributed by atoms with Gasteiger partial charge in [0.15, 0.2) is 17.9 Å². The maximum Gasteiger partial charge on any atom is 0.175 e. The van der Waals surface area contributed by atoms with Gasteiger partial charge in [-0.2, -0.15) is 0 Å². The number of thioether (sulfide) groups is 1. The molecule has 0 fully saturated rings. The molecule has 2 aromatic carbocycles. The van der Waals surface area contributed by atoms with Crippen molar-refractivity contribution in [1.29, 1.82) is 0 Å². The monoisotopic (exact) mass is 401 g/mol. The molecule has 5 nitrogen and oxygen atoms in total. The highest BCUT2D eigenvalue weighted by Crippen LogP contribution is 2.37. The first kappa shape index (κ1) is 20.4. The highest BCUT2D eigenvalue weighted by atomic mass is 32.2. The first-order valence-corrected chi connectivity index (χ1v) is 10.3. The number of rotatable bonds is 9. The van der Waals surface area contributed by atoms with E-state index in [1.165, 1.54) is 11.3 Å². The molecular weight excluding hydrogens is 374 g/mol. The topological polar surface area (TPSA) is 49.3 Å². The van der Waals surface area contributed by atoms with Crippen molar-refractivity contribution in [2.45, 2.75) is 37.2 Å². The molecule has 6 heteroatoms. The highest BCUT2D eigenvalue weighted by molar-refractivity contribution is 7.99. The normalized spacial score (nSPS) is 14.1. The minimum absolute atomic E-state index is 0.350. The lowest BCUT2D eigenvalue weighted by molar-refractivity contribution is 0.100. The van der Waals surface area contributed by atoms with Crippen molar-refractivity contribution in [1.82, 2.24) is 0 Å². The Kier molecular flexibility index (Phi) is 6.73. The molecule has 28 heavy (non-hydrogen) atoms. The van der Waals surface area contributed by atoms with Crippen LogP contribution >= 0.6 is 11.8 Å². The molecule has 0 atom stereocenters. The van der Waals surface area contributed by atoms with Crippen LogP contribution in [-0.4, -0.2) is 33.0 Å². The summed E-state index contributed by atoms with van der Waals surface area (Å²) in [6, 6.07) is 12.0. The molecular formula is C22H27NO4S. The van der Waals surface area contributed by atoms with Crippen molar-refractivity contribution in [2.75, 3.05) is 26.6 Å². The van der Waals surface area contributed by atoms with Gasteiger partial charge in [-0.05, 0) is 62.8 Å². The third-order valence-corrected chi connectivity index (χ3v) is 5.67. The standard InChI is InChI=1S/C22H27NO4S/c1-22(2)18-9-7-16(13-19(18)23-15-27-22)26-11-5-6-12-28-17-8-10-20(24-3)21(14-17)25-4/h7-10,13-15H,5-6,11-12H2,1-4H3. The van der Waals surface area contributed by atoms with Crippen LogP contribution in [0.5, 0.6) is 17.2 Å². The van der Waals surface area contributed by atoms with Gasteiger partial charge in [0, 0.05) is 16.5 Å². The smallest absolute Gasteiger partial charge is 0.175 e. The molecule has 0 saturated carbocycles. The first-order chi connectivity index (χ1) is 13.5. The Bertz CT molecular complexity index is 835. The molecule has 1 heterocycles. The van der Waals surface area contributed by atoms with Crippen molar-refractivity contribution in [3.63, 3.8) is 0 Å². The van der Waals surface area contributed by atoms with Crippen LogP contribution in [0.15, 0.2) is 46.3 Å². The third-order valence-electron chi connectivity index (χ3n) is 4.59. The number of hydrogen-bond acceptors (Lipinski definition) is 6. The summed E-state index contributed by atoms with van der Waals surface area (Å²) in [6.45, 7) is 4.76. The van der Waals surface area contributed by atoms with Gasteiger partial charge in [0.05, 0.1) is 26.5 Å². The zero-order chi connectivity index (χ0) is 20.0. The van der Waals surface area contributed by atoms with Crippen molar-refractivity contribution < 1.29 is 18.9 Å². The Labute approximate surface area is 171 Å². The van der Waals surface area contributed by atoms with Crippen molar-refractivity contribution in [3.05, 3.63) is 42.0 Å². The summed E-state index contributed by atoms with van der Waals surface area (Å²) < 4.78 is 22.1. The van der Waals surface area contributed by atoms with Crippen LogP contribution in [0.2, 0.25) is 0 Å². The molecule has 0 aliphatic carbocycles. The zero-order valence-electron chi connectivity index (χ0n) is 16.9. The van der Waals surface area contributed by atoms with Gasteiger partial charge in [-0.1, -0.05) is 0 Å². The van der Waals surface area contributed by atoms with Gasteiger partial charge in [-0.15, -0.1) is 11.8 Å². The summed E-state index contributed by atoms with van der Waals surface area (Å²) in [4.78, 5) is 5.49. The van der Waals surface area contributed by atoms with Crippen LogP contribution in [0, 0.1) is 0 Å². The number of unbranched alkanes of at least 4 members (excludes halogenated alkanes) is 1. The molecule has 0 spiro atoms. The van der Waals surface area contributed by atoms with Crippen LogP contribution in [0.3, 0.4) is 0 Å². The van der Waals surface area contributed by atoms with E-state index in [4.69, 9.17) is 18.9 Å². The lowest BCUT2D eigenvalue weighted by atomic mass is 9.95. The summed E-state index contributed by atoms with van der Waals surface area (Å²) in [7, 11) is 3.30. The maximum absolute atomic E-state index is 5.90. The molecule has 0 aromatic heterocycles. The Morgan fingerprint density at radius 3 is 2.61 bits per heavy atom. The second-order valence-electron chi connectivity index (χ2n) is 6.96. The van der Waals surface area contributed by atoms with Gasteiger partial charge in [-0.25, -0.2) is 4.99 Å². The van der Waals surface area contributed by atoms with Gasteiger partial charge in [0.25, 0.3) is 0 Å². The largest absolute Gasteiger partial charge is 0.494 e. The molecule has 3 rings (SSSR count). The average Bonchev–Trinajstić information content (AvgIpc) is 2.70. The number of nitrogens with zero attached hydrogens (tertiary/aromatic N) is 1. The number of methoxy groups -OCH3 is 2. The second-order valence-corrected chi connectivity index (χ2v) is 8.13.